The van der Waals surface area contributed by atoms with Crippen LogP contribution >= 0.6 is 0 Å². The first-order valence-electron chi connectivity index (χ1n) is 6.01. The van der Waals surface area contributed by atoms with Gasteiger partial charge in [-0.15, -0.1) is 0 Å². The van der Waals surface area contributed by atoms with Crippen LogP contribution in [0.3, 0.4) is 0 Å². The zero-order valence-electron chi connectivity index (χ0n) is 10.1. The Balaban J connectivity index is 2.27. The maximum absolute atomic E-state index is 11.6. The highest BCUT2D eigenvalue weighted by molar-refractivity contribution is 5.81. The molecule has 1 atom stereocenters. The fourth-order valence-corrected chi connectivity index (χ4v) is 2.37. The Morgan fingerprint density at radius 3 is 3.00 bits per heavy atom. The largest absolute Gasteiger partial charge is 0.358 e. The summed E-state index contributed by atoms with van der Waals surface area (Å²) >= 11 is 0. The molecule has 1 aromatic rings. The van der Waals surface area contributed by atoms with Crippen LogP contribution in [0.15, 0.2) is 24.3 Å². The molecule has 1 amide bonds. The number of hydrogen-bond donors (Lipinski definition) is 2. The second-order valence-electron chi connectivity index (χ2n) is 4.36. The molecule has 3 N–H and O–H groups in total. The van der Waals surface area contributed by atoms with Crippen molar-refractivity contribution in [1.82, 2.24) is 5.32 Å². The number of nitrogens with one attached hydrogen (secondary N) is 1. The number of para-hydroxylation sites is 1. The van der Waals surface area contributed by atoms with Gasteiger partial charge in [0.05, 0.1) is 6.54 Å². The molecule has 0 radical (unpaired) electrons. The van der Waals surface area contributed by atoms with Gasteiger partial charge in [-0.2, -0.15) is 0 Å². The zero-order valence-corrected chi connectivity index (χ0v) is 10.1. The number of nitrogens with two attached hydrogens (primary N) is 1. The average Bonchev–Trinajstić information content (AvgIpc) is 2.39. The standard InChI is InChI=1S/C13H19N3O/c1-15-13(17)9-16-11(8-14)7-6-10-4-2-3-5-12(10)16/h2-5,11H,6-9,14H2,1H3,(H,15,17). The molecule has 1 aliphatic rings. The van der Waals surface area contributed by atoms with E-state index in [1.807, 2.05) is 12.1 Å². The summed E-state index contributed by atoms with van der Waals surface area (Å²) < 4.78 is 0. The van der Waals surface area contributed by atoms with Crippen molar-refractivity contribution in [1.29, 1.82) is 0 Å². The predicted molar refractivity (Wildman–Crippen MR) is 69.0 cm³/mol. The molecule has 4 heteroatoms. The molecule has 0 bridgehead atoms. The smallest absolute Gasteiger partial charge is 0.239 e. The van der Waals surface area contributed by atoms with E-state index in [1.165, 1.54) is 5.56 Å². The Morgan fingerprint density at radius 1 is 1.53 bits per heavy atom. The van der Waals surface area contributed by atoms with Crippen molar-refractivity contribution >= 4 is 11.6 Å². The molecule has 0 fully saturated rings. The van der Waals surface area contributed by atoms with Gasteiger partial charge in [0.25, 0.3) is 0 Å². The summed E-state index contributed by atoms with van der Waals surface area (Å²) in [6.45, 7) is 0.973. The van der Waals surface area contributed by atoms with E-state index in [1.54, 1.807) is 7.05 Å². The van der Waals surface area contributed by atoms with Gasteiger partial charge in [-0.3, -0.25) is 4.79 Å². The van der Waals surface area contributed by atoms with Gasteiger partial charge in [0, 0.05) is 25.3 Å². The number of likely N-dealkylation sites (N-methyl/N-ethyl adjacent to an activating group) is 1. The molecule has 0 aromatic heterocycles. The Kier molecular flexibility index (Phi) is 3.64. The third-order valence-electron chi connectivity index (χ3n) is 3.35. The zero-order chi connectivity index (χ0) is 12.3. The highest BCUT2D eigenvalue weighted by atomic mass is 16.1. The van der Waals surface area contributed by atoms with Crippen molar-refractivity contribution in [3.8, 4) is 0 Å². The molecular weight excluding hydrogens is 214 g/mol. The van der Waals surface area contributed by atoms with E-state index in [2.05, 4.69) is 22.3 Å². The fourth-order valence-electron chi connectivity index (χ4n) is 2.37. The van der Waals surface area contributed by atoms with Gasteiger partial charge in [-0.25, -0.2) is 0 Å². The van der Waals surface area contributed by atoms with E-state index in [-0.39, 0.29) is 11.9 Å². The molecule has 0 spiro atoms. The minimum absolute atomic E-state index is 0.0279. The lowest BCUT2D eigenvalue weighted by atomic mass is 9.95. The fraction of sp³-hybridized carbons (Fsp3) is 0.462. The molecule has 1 unspecified atom stereocenters. The van der Waals surface area contributed by atoms with Crippen LogP contribution in [-0.4, -0.2) is 32.1 Å². The first-order valence-corrected chi connectivity index (χ1v) is 6.01. The predicted octanol–water partition coefficient (Wildman–Crippen LogP) is 0.512. The molecule has 17 heavy (non-hydrogen) atoms. The van der Waals surface area contributed by atoms with Gasteiger partial charge in [-0.05, 0) is 24.5 Å². The second kappa shape index (κ2) is 5.19. The number of rotatable bonds is 3. The van der Waals surface area contributed by atoms with E-state index in [4.69, 9.17) is 5.73 Å². The summed E-state index contributed by atoms with van der Waals surface area (Å²) in [5.41, 5.74) is 8.25. The van der Waals surface area contributed by atoms with Crippen molar-refractivity contribution in [2.45, 2.75) is 18.9 Å². The van der Waals surface area contributed by atoms with Crippen LogP contribution in [0.5, 0.6) is 0 Å². The molecule has 0 aliphatic carbocycles. The first kappa shape index (κ1) is 11.9. The van der Waals surface area contributed by atoms with Gasteiger partial charge < -0.3 is 16.0 Å². The quantitative estimate of drug-likeness (QED) is 0.800. The molecule has 92 valence electrons. The van der Waals surface area contributed by atoms with Gasteiger partial charge >= 0.3 is 0 Å². The van der Waals surface area contributed by atoms with Crippen LogP contribution in [0.2, 0.25) is 0 Å². The number of anilines is 1. The summed E-state index contributed by atoms with van der Waals surface area (Å²) in [5, 5.41) is 2.67. The molecule has 4 nitrogen and oxygen atoms in total. The molecular formula is C13H19N3O. The molecule has 1 heterocycles. The number of benzene rings is 1. The van der Waals surface area contributed by atoms with Crippen LogP contribution in [-0.2, 0) is 11.2 Å². The van der Waals surface area contributed by atoms with E-state index < -0.39 is 0 Å². The lowest BCUT2D eigenvalue weighted by Gasteiger charge is -2.37. The van der Waals surface area contributed by atoms with E-state index in [0.29, 0.717) is 13.1 Å². The Hall–Kier alpha value is -1.55. The van der Waals surface area contributed by atoms with Crippen molar-refractivity contribution in [2.24, 2.45) is 5.73 Å². The molecule has 2 rings (SSSR count). The van der Waals surface area contributed by atoms with Gasteiger partial charge in [-0.1, -0.05) is 18.2 Å². The minimum Gasteiger partial charge on any atom is -0.358 e. The SMILES string of the molecule is CNC(=O)CN1c2ccccc2CCC1CN. The molecule has 1 aliphatic heterocycles. The highest BCUT2D eigenvalue weighted by Crippen LogP contribution is 2.29. The summed E-state index contributed by atoms with van der Waals surface area (Å²) in [4.78, 5) is 13.7. The molecule has 1 aromatic carbocycles. The van der Waals surface area contributed by atoms with Gasteiger partial charge in [0.2, 0.25) is 5.91 Å². The lowest BCUT2D eigenvalue weighted by molar-refractivity contribution is -0.119. The summed E-state index contributed by atoms with van der Waals surface area (Å²) in [7, 11) is 1.66. The van der Waals surface area contributed by atoms with Crippen LogP contribution in [0.25, 0.3) is 0 Å². The summed E-state index contributed by atoms with van der Waals surface area (Å²) in [6, 6.07) is 8.51. The van der Waals surface area contributed by atoms with E-state index >= 15 is 0 Å². The van der Waals surface area contributed by atoms with Crippen LogP contribution in [0, 0.1) is 0 Å². The van der Waals surface area contributed by atoms with Crippen LogP contribution in [0.1, 0.15) is 12.0 Å². The molecule has 0 saturated carbocycles. The number of amides is 1. The number of aryl methyl sites for hydroxylation is 1. The highest BCUT2D eigenvalue weighted by Gasteiger charge is 2.26. The summed E-state index contributed by atoms with van der Waals surface area (Å²) in [6.07, 6.45) is 2.06. The normalized spacial score (nSPS) is 18.7. The van der Waals surface area contributed by atoms with Crippen LogP contribution in [0.4, 0.5) is 5.69 Å². The maximum atomic E-state index is 11.6. The maximum Gasteiger partial charge on any atom is 0.239 e. The number of carbonyl (C=O) groups excluding carboxylic acids is 1. The van der Waals surface area contributed by atoms with Crippen molar-refractivity contribution in [3.63, 3.8) is 0 Å². The number of fused-ring (bicyclic) bond motifs is 1. The van der Waals surface area contributed by atoms with Gasteiger partial charge in [0.1, 0.15) is 0 Å². The first-order chi connectivity index (χ1) is 8.26. The van der Waals surface area contributed by atoms with E-state index in [9.17, 15) is 4.79 Å². The average molecular weight is 233 g/mol. The molecule has 0 saturated heterocycles. The second-order valence-corrected chi connectivity index (χ2v) is 4.36. The monoisotopic (exact) mass is 233 g/mol. The Morgan fingerprint density at radius 2 is 2.29 bits per heavy atom. The number of hydrogen-bond acceptors (Lipinski definition) is 3. The third kappa shape index (κ3) is 2.42. The number of nitrogens with zero attached hydrogens (tertiary/aromatic N) is 1. The lowest BCUT2D eigenvalue weighted by Crippen LogP contribution is -2.48. The van der Waals surface area contributed by atoms with Crippen LogP contribution < -0.4 is 16.0 Å². The Labute approximate surface area is 102 Å². The Bertz CT molecular complexity index is 405. The van der Waals surface area contributed by atoms with E-state index in [0.717, 1.165) is 18.5 Å². The summed E-state index contributed by atoms with van der Waals surface area (Å²) in [5.74, 6) is 0.0279. The van der Waals surface area contributed by atoms with Crippen molar-refractivity contribution < 1.29 is 4.79 Å². The van der Waals surface area contributed by atoms with Crippen molar-refractivity contribution in [3.05, 3.63) is 29.8 Å². The third-order valence-corrected chi connectivity index (χ3v) is 3.35. The van der Waals surface area contributed by atoms with Crippen molar-refractivity contribution in [2.75, 3.05) is 25.0 Å². The topological polar surface area (TPSA) is 58.4 Å². The van der Waals surface area contributed by atoms with Gasteiger partial charge in [0.15, 0.2) is 0 Å². The minimum atomic E-state index is 0.0279. The number of carbonyl (C=O) groups is 1.